The Kier molecular flexibility index (Phi) is 10.9. The highest BCUT2D eigenvalue weighted by Crippen LogP contribution is 2.37. The van der Waals surface area contributed by atoms with Gasteiger partial charge in [0.25, 0.3) is 0 Å². The van der Waals surface area contributed by atoms with Crippen LogP contribution in [0.5, 0.6) is 0 Å². The maximum Gasteiger partial charge on any atom is 0.214 e. The summed E-state index contributed by atoms with van der Waals surface area (Å²) >= 11 is 0. The topological polar surface area (TPSA) is 316 Å². The van der Waals surface area contributed by atoms with E-state index in [0.717, 1.165) is 0 Å². The van der Waals surface area contributed by atoms with Crippen LogP contribution in [0.25, 0.3) is 0 Å². The minimum Gasteiger partial charge on any atom is -0.394 e. The van der Waals surface area contributed by atoms with Crippen molar-refractivity contribution in [3.05, 3.63) is 0 Å². The number of aliphatic hydroxyl groups is 9. The molecule has 198 valence electrons. The summed E-state index contributed by atoms with van der Waals surface area (Å²) in [5.74, 6) is -3.77. The minimum absolute atomic E-state index is 0.00311. The molecule has 1 rings (SSSR count). The SMILES string of the molecule is NC(N)=NCCCC(N)C(=O)C(O)(C(=O)C1(CO)O[C@H](CO)[C@@H](O)[C@@H]1O)C(O)C(O)C(O)CO. The van der Waals surface area contributed by atoms with Crippen LogP contribution >= 0.6 is 0 Å². The Labute approximate surface area is 193 Å². The summed E-state index contributed by atoms with van der Waals surface area (Å²) in [6.45, 7) is -3.55. The molecule has 0 bridgehead atoms. The number of rotatable bonds is 14. The number of Topliss-reactive ketones (excluding diaryl/α,β-unsaturated/α-hetero) is 2. The van der Waals surface area contributed by atoms with Gasteiger partial charge in [-0.2, -0.15) is 0 Å². The number of ether oxygens (including phenoxy) is 1. The fourth-order valence-corrected chi connectivity index (χ4v) is 3.64. The van der Waals surface area contributed by atoms with Gasteiger partial charge in [0.1, 0.15) is 36.6 Å². The molecule has 0 spiro atoms. The molecule has 0 aromatic rings. The standard InChI is InChI=1S/C18H34N4O12/c19-7(2-1-3-22-16(20)21)12(29)18(33,14(31)10(27)8(26)4-23)15(32)17(6-25)13(30)11(28)9(5-24)34-17/h7-11,13-14,23-28,30-31,33H,1-6,19H2,(H4,20,21,22)/t7?,8?,9-,10?,11-,13+,14?,17?,18?/m1/s1. The van der Waals surface area contributed by atoms with Crippen molar-refractivity contribution in [3.63, 3.8) is 0 Å². The predicted octanol–water partition coefficient (Wildman–Crippen LogP) is -7.84. The molecule has 16 nitrogen and oxygen atoms in total. The van der Waals surface area contributed by atoms with Crippen molar-refractivity contribution in [3.8, 4) is 0 Å². The van der Waals surface area contributed by atoms with Gasteiger partial charge in [-0.05, 0) is 12.8 Å². The second-order valence-corrected chi connectivity index (χ2v) is 8.02. The van der Waals surface area contributed by atoms with Gasteiger partial charge in [-0.1, -0.05) is 0 Å². The second-order valence-electron chi connectivity index (χ2n) is 8.02. The number of aliphatic hydroxyl groups excluding tert-OH is 8. The molecule has 9 atom stereocenters. The van der Waals surface area contributed by atoms with Crippen molar-refractivity contribution in [2.75, 3.05) is 26.4 Å². The van der Waals surface area contributed by atoms with Gasteiger partial charge in [0.2, 0.25) is 11.4 Å². The molecule has 1 aliphatic rings. The summed E-state index contributed by atoms with van der Waals surface area (Å²) in [7, 11) is 0. The third-order valence-electron chi connectivity index (χ3n) is 5.70. The van der Waals surface area contributed by atoms with E-state index in [2.05, 4.69) is 4.99 Å². The highest BCUT2D eigenvalue weighted by molar-refractivity contribution is 6.16. The second kappa shape index (κ2) is 12.2. The van der Waals surface area contributed by atoms with Crippen molar-refractivity contribution < 1.29 is 60.3 Å². The largest absolute Gasteiger partial charge is 0.394 e. The zero-order valence-corrected chi connectivity index (χ0v) is 18.2. The number of carbonyl (C=O) groups is 2. The molecule has 0 saturated carbocycles. The molecule has 0 aliphatic carbocycles. The van der Waals surface area contributed by atoms with Crippen LogP contribution in [0.2, 0.25) is 0 Å². The maximum atomic E-state index is 13.4. The Bertz CT molecular complexity index is 738. The van der Waals surface area contributed by atoms with Crippen LogP contribution in [-0.2, 0) is 14.3 Å². The van der Waals surface area contributed by atoms with Crippen molar-refractivity contribution in [1.29, 1.82) is 0 Å². The van der Waals surface area contributed by atoms with E-state index < -0.39 is 85.3 Å². The molecule has 6 unspecified atom stereocenters. The van der Waals surface area contributed by atoms with Crippen molar-refractivity contribution in [2.24, 2.45) is 22.2 Å². The van der Waals surface area contributed by atoms with Gasteiger partial charge in [-0.3, -0.25) is 14.6 Å². The zero-order chi connectivity index (χ0) is 26.4. The summed E-state index contributed by atoms with van der Waals surface area (Å²) in [5, 5.41) is 90.2. The average Bonchev–Trinajstić information content (AvgIpc) is 3.08. The Morgan fingerprint density at radius 1 is 1.12 bits per heavy atom. The number of hydrogen-bond acceptors (Lipinski definition) is 14. The molecule has 34 heavy (non-hydrogen) atoms. The van der Waals surface area contributed by atoms with E-state index in [1.807, 2.05) is 0 Å². The van der Waals surface area contributed by atoms with Gasteiger partial charge >= 0.3 is 0 Å². The quantitative estimate of drug-likeness (QED) is 0.0457. The molecular weight excluding hydrogens is 464 g/mol. The van der Waals surface area contributed by atoms with Gasteiger partial charge in [0.15, 0.2) is 17.3 Å². The van der Waals surface area contributed by atoms with Crippen molar-refractivity contribution in [1.82, 2.24) is 0 Å². The smallest absolute Gasteiger partial charge is 0.214 e. The molecule has 1 saturated heterocycles. The van der Waals surface area contributed by atoms with Crippen molar-refractivity contribution in [2.45, 2.75) is 66.7 Å². The number of hydrogen-bond donors (Lipinski definition) is 12. The first-order chi connectivity index (χ1) is 15.8. The molecule has 0 aromatic carbocycles. The van der Waals surface area contributed by atoms with E-state index >= 15 is 0 Å². The number of nitrogens with two attached hydrogens (primary N) is 3. The highest BCUT2D eigenvalue weighted by Gasteiger charge is 2.67. The lowest BCUT2D eigenvalue weighted by Gasteiger charge is -2.41. The van der Waals surface area contributed by atoms with Crippen LogP contribution in [0.15, 0.2) is 4.99 Å². The van der Waals surface area contributed by atoms with Gasteiger partial charge < -0.3 is 67.9 Å². The number of nitrogens with zero attached hydrogens (tertiary/aromatic N) is 1. The maximum absolute atomic E-state index is 13.4. The first-order valence-corrected chi connectivity index (χ1v) is 10.3. The third kappa shape index (κ3) is 5.69. The summed E-state index contributed by atoms with van der Waals surface area (Å²) in [5.41, 5.74) is 9.46. The monoisotopic (exact) mass is 498 g/mol. The fraction of sp³-hybridized carbons (Fsp3) is 0.833. The normalized spacial score (nSPS) is 30.1. The summed E-state index contributed by atoms with van der Waals surface area (Å²) in [6.07, 6.45) is -13.6. The van der Waals surface area contributed by atoms with Crippen LogP contribution in [0.4, 0.5) is 0 Å². The van der Waals surface area contributed by atoms with Crippen LogP contribution in [-0.4, -0.2) is 144 Å². The van der Waals surface area contributed by atoms with E-state index in [4.69, 9.17) is 27.0 Å². The molecule has 16 heteroatoms. The lowest BCUT2D eigenvalue weighted by Crippen LogP contribution is -2.72. The first-order valence-electron chi connectivity index (χ1n) is 10.3. The van der Waals surface area contributed by atoms with E-state index in [1.54, 1.807) is 0 Å². The first kappa shape index (κ1) is 30.2. The Balaban J connectivity index is 3.45. The molecule has 0 radical (unpaired) electrons. The van der Waals surface area contributed by atoms with E-state index in [0.29, 0.717) is 0 Å². The average molecular weight is 498 g/mol. The Morgan fingerprint density at radius 2 is 1.71 bits per heavy atom. The van der Waals surface area contributed by atoms with Gasteiger partial charge in [0.05, 0.1) is 25.9 Å². The fourth-order valence-electron chi connectivity index (χ4n) is 3.64. The summed E-state index contributed by atoms with van der Waals surface area (Å²) in [6, 6.07) is -1.70. The molecule has 0 amide bonds. The number of carbonyl (C=O) groups excluding carboxylic acids is 2. The third-order valence-corrected chi connectivity index (χ3v) is 5.70. The van der Waals surface area contributed by atoms with E-state index in [1.165, 1.54) is 0 Å². The number of aliphatic imine (C=N–C) groups is 1. The van der Waals surface area contributed by atoms with Gasteiger partial charge in [-0.15, -0.1) is 0 Å². The van der Waals surface area contributed by atoms with E-state index in [9.17, 15) is 50.4 Å². The highest BCUT2D eigenvalue weighted by atomic mass is 16.6. The Hall–Kier alpha value is -1.83. The summed E-state index contributed by atoms with van der Waals surface area (Å²) in [4.78, 5) is 30.2. The van der Waals surface area contributed by atoms with Crippen LogP contribution in [0.3, 0.4) is 0 Å². The molecule has 1 fully saturated rings. The molecule has 1 heterocycles. The van der Waals surface area contributed by atoms with Gasteiger partial charge in [0, 0.05) is 6.54 Å². The van der Waals surface area contributed by atoms with Crippen LogP contribution in [0, 0.1) is 0 Å². The van der Waals surface area contributed by atoms with Crippen LogP contribution in [0.1, 0.15) is 12.8 Å². The summed E-state index contributed by atoms with van der Waals surface area (Å²) < 4.78 is 5.10. The predicted molar refractivity (Wildman–Crippen MR) is 112 cm³/mol. The lowest BCUT2D eigenvalue weighted by atomic mass is 9.72. The Morgan fingerprint density at radius 3 is 2.15 bits per heavy atom. The van der Waals surface area contributed by atoms with Crippen LogP contribution < -0.4 is 17.2 Å². The molecule has 0 aromatic heterocycles. The van der Waals surface area contributed by atoms with Crippen molar-refractivity contribution >= 4 is 17.5 Å². The number of ketones is 2. The molecular formula is C18H34N4O12. The van der Waals surface area contributed by atoms with E-state index in [-0.39, 0.29) is 25.3 Å². The molecule has 15 N–H and O–H groups in total. The van der Waals surface area contributed by atoms with Gasteiger partial charge in [-0.25, -0.2) is 0 Å². The number of guanidine groups is 1. The lowest BCUT2D eigenvalue weighted by molar-refractivity contribution is -0.203. The minimum atomic E-state index is -3.72. The molecule has 1 aliphatic heterocycles. The zero-order valence-electron chi connectivity index (χ0n) is 18.2.